The normalized spacial score (nSPS) is 14.0. The predicted octanol–water partition coefficient (Wildman–Crippen LogP) is 1.95. The van der Waals surface area contributed by atoms with Crippen LogP contribution < -0.4 is 10.2 Å². The van der Waals surface area contributed by atoms with Gasteiger partial charge in [-0.2, -0.15) is 0 Å². The molecule has 0 heterocycles. The van der Waals surface area contributed by atoms with Crippen molar-refractivity contribution in [2.24, 2.45) is 10.8 Å². The standard InChI is InChI=1S/C9H18ClN2O3P/c1-4-8(5-2)6-11-7(3)9(13)15-12-16(10)14/h7-8,11H,4-6H2,1-3H3/t7-/m0/s1. The van der Waals surface area contributed by atoms with E-state index in [1.54, 1.807) is 6.92 Å². The average Bonchev–Trinajstić information content (AvgIpc) is 2.26. The number of halogens is 1. The summed E-state index contributed by atoms with van der Waals surface area (Å²) < 4.78 is 0. The third-order valence-corrected chi connectivity index (χ3v) is 2.81. The van der Waals surface area contributed by atoms with E-state index in [4.69, 9.17) is 11.2 Å². The molecule has 0 aromatic heterocycles. The molecule has 0 fully saturated rings. The highest BCUT2D eigenvalue weighted by Gasteiger charge is 2.16. The van der Waals surface area contributed by atoms with Crippen molar-refractivity contribution in [1.29, 1.82) is 0 Å². The lowest BCUT2D eigenvalue weighted by atomic mass is 10.0. The summed E-state index contributed by atoms with van der Waals surface area (Å²) in [6.45, 7) is 6.62. The molecule has 0 rings (SSSR count). The molecule has 0 aliphatic heterocycles. The van der Waals surface area contributed by atoms with E-state index < -0.39 is 19.3 Å². The monoisotopic (exact) mass is 268 g/mol. The number of rotatable bonds is 7. The van der Waals surface area contributed by atoms with Gasteiger partial charge in [-0.25, -0.2) is 4.79 Å². The van der Waals surface area contributed by atoms with E-state index in [0.29, 0.717) is 5.92 Å². The molecule has 0 aliphatic rings. The summed E-state index contributed by atoms with van der Waals surface area (Å²) in [6, 6.07) is -0.476. The maximum Gasteiger partial charge on any atom is 0.355 e. The van der Waals surface area contributed by atoms with E-state index in [9.17, 15) is 9.69 Å². The summed E-state index contributed by atoms with van der Waals surface area (Å²) in [6.07, 6.45) is 2.12. The molecule has 16 heavy (non-hydrogen) atoms. The first-order chi connectivity index (χ1) is 7.51. The lowest BCUT2D eigenvalue weighted by Gasteiger charge is -2.15. The zero-order valence-electron chi connectivity index (χ0n) is 9.77. The van der Waals surface area contributed by atoms with Gasteiger partial charge in [0.2, 0.25) is 0 Å². The average molecular weight is 269 g/mol. The van der Waals surface area contributed by atoms with Crippen molar-refractivity contribution >= 4 is 24.5 Å². The summed E-state index contributed by atoms with van der Waals surface area (Å²) in [7, 11) is -2.31. The van der Waals surface area contributed by atoms with Crippen LogP contribution in [0, 0.1) is 5.92 Å². The van der Waals surface area contributed by atoms with E-state index in [1.807, 2.05) is 0 Å². The maximum absolute atomic E-state index is 11.3. The van der Waals surface area contributed by atoms with Crippen LogP contribution in [0.4, 0.5) is 0 Å². The van der Waals surface area contributed by atoms with Crippen LogP contribution in [0.15, 0.2) is 4.91 Å². The molecule has 94 valence electrons. The first kappa shape index (κ1) is 15.8. The number of hydrogen-bond acceptors (Lipinski definition) is 5. The molecular formula is C9H18ClN2O3P. The van der Waals surface area contributed by atoms with Gasteiger partial charge in [0.05, 0.1) is 0 Å². The Balaban J connectivity index is 3.91. The van der Waals surface area contributed by atoms with Gasteiger partial charge in [-0.3, -0.25) is 4.84 Å². The fourth-order valence-corrected chi connectivity index (χ4v) is 1.39. The van der Waals surface area contributed by atoms with Crippen LogP contribution in [0.25, 0.3) is 0 Å². The van der Waals surface area contributed by atoms with Crippen LogP contribution in [-0.2, 0) is 9.63 Å². The molecule has 0 aromatic rings. The topological polar surface area (TPSA) is 73.8 Å². The molecule has 0 radical (unpaired) electrons. The minimum Gasteiger partial charge on any atom is -0.593 e. The number of nitrogens with one attached hydrogen (secondary N) is 1. The highest BCUT2D eigenvalue weighted by Crippen LogP contribution is 2.19. The van der Waals surface area contributed by atoms with Crippen molar-refractivity contribution in [3.63, 3.8) is 0 Å². The van der Waals surface area contributed by atoms with E-state index >= 15 is 0 Å². The van der Waals surface area contributed by atoms with Gasteiger partial charge in [-0.05, 0) is 19.4 Å². The van der Waals surface area contributed by atoms with E-state index in [2.05, 4.69) is 28.9 Å². The molecule has 2 atom stereocenters. The van der Waals surface area contributed by atoms with Gasteiger partial charge in [0.25, 0.3) is 0 Å². The molecule has 1 unspecified atom stereocenters. The largest absolute Gasteiger partial charge is 0.593 e. The van der Waals surface area contributed by atoms with Gasteiger partial charge in [0.15, 0.2) is 11.2 Å². The summed E-state index contributed by atoms with van der Waals surface area (Å²) in [5.41, 5.74) is 0. The van der Waals surface area contributed by atoms with Crippen LogP contribution in [0.5, 0.6) is 0 Å². The lowest BCUT2D eigenvalue weighted by molar-refractivity contribution is -0.159. The first-order valence-electron chi connectivity index (χ1n) is 5.29. The van der Waals surface area contributed by atoms with Crippen molar-refractivity contribution in [3.05, 3.63) is 0 Å². The maximum atomic E-state index is 11.3. The third kappa shape index (κ3) is 7.12. The van der Waals surface area contributed by atoms with Gasteiger partial charge in [0, 0.05) is 0 Å². The lowest BCUT2D eigenvalue weighted by Crippen LogP contribution is -2.37. The molecule has 0 bridgehead atoms. The van der Waals surface area contributed by atoms with Gasteiger partial charge >= 0.3 is 13.3 Å². The summed E-state index contributed by atoms with van der Waals surface area (Å²) in [5.74, 6) is -0.0354. The van der Waals surface area contributed by atoms with Crippen LogP contribution in [0.2, 0.25) is 0 Å². The molecule has 0 saturated heterocycles. The predicted molar refractivity (Wildman–Crippen MR) is 62.8 cm³/mol. The molecular weight excluding hydrogens is 251 g/mol. The Kier molecular flexibility index (Phi) is 8.76. The highest BCUT2D eigenvalue weighted by molar-refractivity contribution is 7.69. The summed E-state index contributed by atoms with van der Waals surface area (Å²) in [5, 5.41) is 3.04. The van der Waals surface area contributed by atoms with Crippen molar-refractivity contribution in [1.82, 2.24) is 5.32 Å². The van der Waals surface area contributed by atoms with Crippen molar-refractivity contribution < 1.29 is 14.5 Å². The molecule has 5 nitrogen and oxygen atoms in total. The summed E-state index contributed by atoms with van der Waals surface area (Å²) >= 11 is 5.04. The third-order valence-electron chi connectivity index (χ3n) is 2.42. The van der Waals surface area contributed by atoms with Gasteiger partial charge in [0.1, 0.15) is 11.0 Å². The smallest absolute Gasteiger partial charge is 0.355 e. The second-order valence-corrected chi connectivity index (χ2v) is 5.01. The minimum atomic E-state index is -2.31. The van der Waals surface area contributed by atoms with E-state index in [-0.39, 0.29) is 0 Å². The molecule has 0 saturated carbocycles. The fourth-order valence-electron chi connectivity index (χ4n) is 1.16. The Morgan fingerprint density at radius 3 is 2.56 bits per heavy atom. The molecule has 7 heteroatoms. The van der Waals surface area contributed by atoms with Crippen LogP contribution in [0.3, 0.4) is 0 Å². The van der Waals surface area contributed by atoms with Gasteiger partial charge in [-0.1, -0.05) is 26.7 Å². The van der Waals surface area contributed by atoms with Crippen molar-refractivity contribution in [2.45, 2.75) is 39.7 Å². The Morgan fingerprint density at radius 1 is 1.56 bits per heavy atom. The summed E-state index contributed by atoms with van der Waals surface area (Å²) in [4.78, 5) is 29.0. The Bertz CT molecular complexity index is 243. The quantitative estimate of drug-likeness (QED) is 0.566. The van der Waals surface area contributed by atoms with Crippen LogP contribution in [0.1, 0.15) is 33.6 Å². The molecule has 1 N–H and O–H groups in total. The Morgan fingerprint density at radius 2 is 2.12 bits per heavy atom. The molecule has 0 aliphatic carbocycles. The van der Waals surface area contributed by atoms with Crippen LogP contribution >= 0.6 is 18.5 Å². The zero-order chi connectivity index (χ0) is 12.6. The van der Waals surface area contributed by atoms with Gasteiger partial charge < -0.3 is 10.2 Å². The molecule has 0 amide bonds. The Hall–Kier alpha value is -0.220. The van der Waals surface area contributed by atoms with Crippen molar-refractivity contribution in [2.75, 3.05) is 6.54 Å². The number of carbonyl (C=O) groups excluding carboxylic acids is 1. The minimum absolute atomic E-state index is 0.476. The SMILES string of the molecule is CCC(CC)CN[C@@H](C)C(=O)ON=[P+]([O-])Cl. The number of carbonyl (C=O) groups is 1. The van der Waals surface area contributed by atoms with Crippen LogP contribution in [-0.4, -0.2) is 18.6 Å². The molecule has 0 spiro atoms. The number of hydrogen-bond donors (Lipinski definition) is 1. The van der Waals surface area contributed by atoms with Crippen molar-refractivity contribution in [3.8, 4) is 0 Å². The Labute approximate surface area is 102 Å². The fraction of sp³-hybridized carbons (Fsp3) is 0.889. The van der Waals surface area contributed by atoms with E-state index in [0.717, 1.165) is 19.4 Å². The first-order valence-corrected chi connectivity index (χ1v) is 7.41. The van der Waals surface area contributed by atoms with Gasteiger partial charge in [-0.15, -0.1) is 0 Å². The number of nitrogens with zero attached hydrogens (tertiary/aromatic N) is 1. The second-order valence-electron chi connectivity index (χ2n) is 3.53. The highest BCUT2D eigenvalue weighted by atomic mass is 35.7. The van der Waals surface area contributed by atoms with E-state index in [1.165, 1.54) is 0 Å². The zero-order valence-corrected chi connectivity index (χ0v) is 11.4. The second kappa shape index (κ2) is 8.88. The molecule has 0 aromatic carbocycles.